The summed E-state index contributed by atoms with van der Waals surface area (Å²) >= 11 is 0. The quantitative estimate of drug-likeness (QED) is 0.762. The average molecular weight is 263 g/mol. The summed E-state index contributed by atoms with van der Waals surface area (Å²) in [6.07, 6.45) is 6.49. The van der Waals surface area contributed by atoms with E-state index in [-0.39, 0.29) is 6.04 Å². The Morgan fingerprint density at radius 2 is 2.00 bits per heavy atom. The summed E-state index contributed by atoms with van der Waals surface area (Å²) < 4.78 is 0. The predicted octanol–water partition coefficient (Wildman–Crippen LogP) is 2.01. The molecule has 2 aliphatic rings. The van der Waals surface area contributed by atoms with Crippen LogP contribution in [-0.2, 0) is 4.79 Å². The fourth-order valence-electron chi connectivity index (χ4n) is 2.96. The maximum Gasteiger partial charge on any atom is 0.222 e. The number of nitrogens with zero attached hydrogens (tertiary/aromatic N) is 3. The van der Waals surface area contributed by atoms with E-state index in [4.69, 9.17) is 0 Å². The maximum atomic E-state index is 12.1. The normalized spacial score (nSPS) is 22.6. The Morgan fingerprint density at radius 3 is 2.47 bits per heavy atom. The van der Waals surface area contributed by atoms with Crippen LogP contribution in [-0.4, -0.2) is 47.9 Å². The molecule has 1 aliphatic heterocycles. The number of hydrogen-bond donors (Lipinski definition) is 0. The van der Waals surface area contributed by atoms with E-state index in [1.54, 1.807) is 0 Å². The second-order valence-electron chi connectivity index (χ2n) is 5.85. The van der Waals surface area contributed by atoms with E-state index in [0.29, 0.717) is 11.8 Å². The third-order valence-corrected chi connectivity index (χ3v) is 4.51. The molecule has 0 aromatic heterocycles. The molecule has 4 nitrogen and oxygen atoms in total. The van der Waals surface area contributed by atoms with E-state index in [2.05, 4.69) is 17.9 Å². The van der Waals surface area contributed by atoms with E-state index < -0.39 is 0 Å². The highest BCUT2D eigenvalue weighted by atomic mass is 16.2. The number of rotatable bonds is 5. The number of carbonyl (C=O) groups is 1. The molecule has 1 amide bonds. The van der Waals surface area contributed by atoms with Gasteiger partial charge < -0.3 is 4.90 Å². The van der Waals surface area contributed by atoms with Crippen LogP contribution in [0.2, 0.25) is 0 Å². The molecule has 19 heavy (non-hydrogen) atoms. The van der Waals surface area contributed by atoms with Crippen molar-refractivity contribution in [2.75, 3.05) is 26.2 Å². The molecule has 0 spiro atoms. The lowest BCUT2D eigenvalue weighted by Gasteiger charge is -2.38. The fraction of sp³-hybridized carbons (Fsp3) is 0.867. The first-order chi connectivity index (χ1) is 9.24. The van der Waals surface area contributed by atoms with Crippen molar-refractivity contribution in [2.45, 2.75) is 51.5 Å². The molecule has 0 bridgehead atoms. The molecule has 4 heteroatoms. The number of amides is 1. The van der Waals surface area contributed by atoms with E-state index >= 15 is 0 Å². The summed E-state index contributed by atoms with van der Waals surface area (Å²) in [5.41, 5.74) is 0. The van der Waals surface area contributed by atoms with Gasteiger partial charge in [0.2, 0.25) is 5.91 Å². The van der Waals surface area contributed by atoms with Crippen LogP contribution >= 0.6 is 0 Å². The summed E-state index contributed by atoms with van der Waals surface area (Å²) in [7, 11) is 0. The summed E-state index contributed by atoms with van der Waals surface area (Å²) in [6.45, 7) is 5.42. The summed E-state index contributed by atoms with van der Waals surface area (Å²) in [5.74, 6) is 0.978. The van der Waals surface area contributed by atoms with Gasteiger partial charge in [0.15, 0.2) is 0 Å². The molecule has 0 aromatic carbocycles. The van der Waals surface area contributed by atoms with Gasteiger partial charge in [-0.1, -0.05) is 19.8 Å². The lowest BCUT2D eigenvalue weighted by atomic mass is 9.82. The monoisotopic (exact) mass is 263 g/mol. The second-order valence-corrected chi connectivity index (χ2v) is 5.85. The van der Waals surface area contributed by atoms with Crippen LogP contribution in [0.3, 0.4) is 0 Å². The minimum atomic E-state index is 0.0360. The zero-order valence-electron chi connectivity index (χ0n) is 12.0. The van der Waals surface area contributed by atoms with Gasteiger partial charge in [0, 0.05) is 32.6 Å². The highest BCUT2D eigenvalue weighted by Crippen LogP contribution is 2.30. The van der Waals surface area contributed by atoms with Crippen molar-refractivity contribution in [1.82, 2.24) is 9.80 Å². The van der Waals surface area contributed by atoms with Crippen molar-refractivity contribution >= 4 is 5.91 Å². The van der Waals surface area contributed by atoms with Gasteiger partial charge in [-0.25, -0.2) is 0 Å². The first kappa shape index (κ1) is 14.3. The Bertz CT molecular complexity index is 338. The van der Waals surface area contributed by atoms with E-state index in [0.717, 1.165) is 45.4 Å². The van der Waals surface area contributed by atoms with Crippen molar-refractivity contribution in [3.05, 3.63) is 0 Å². The highest BCUT2D eigenvalue weighted by Gasteiger charge is 2.28. The molecule has 0 radical (unpaired) electrons. The maximum absolute atomic E-state index is 12.1. The third kappa shape index (κ3) is 3.70. The molecule has 1 unspecified atom stereocenters. The minimum Gasteiger partial charge on any atom is -0.340 e. The fourth-order valence-corrected chi connectivity index (χ4v) is 2.96. The Hall–Kier alpha value is -1.08. The van der Waals surface area contributed by atoms with Crippen molar-refractivity contribution in [1.29, 1.82) is 5.26 Å². The average Bonchev–Trinajstić information content (AvgIpc) is 2.40. The largest absolute Gasteiger partial charge is 0.340 e. The van der Waals surface area contributed by atoms with Gasteiger partial charge in [0.1, 0.15) is 0 Å². The molecule has 2 rings (SSSR count). The Balaban J connectivity index is 1.75. The first-order valence-corrected chi connectivity index (χ1v) is 7.66. The highest BCUT2D eigenvalue weighted by molar-refractivity contribution is 5.76. The molecule has 2 fully saturated rings. The van der Waals surface area contributed by atoms with Crippen molar-refractivity contribution in [3.8, 4) is 6.07 Å². The number of carbonyl (C=O) groups excluding carboxylic acids is 1. The van der Waals surface area contributed by atoms with Crippen LogP contribution in [0.4, 0.5) is 0 Å². The van der Waals surface area contributed by atoms with Gasteiger partial charge in [-0.2, -0.15) is 5.26 Å². The molecule has 1 atom stereocenters. The van der Waals surface area contributed by atoms with Crippen molar-refractivity contribution in [3.63, 3.8) is 0 Å². The molecule has 0 N–H and O–H groups in total. The topological polar surface area (TPSA) is 47.3 Å². The van der Waals surface area contributed by atoms with E-state index in [1.807, 2.05) is 4.90 Å². The molecule has 1 aliphatic carbocycles. The molecular weight excluding hydrogens is 238 g/mol. The molecule has 1 saturated carbocycles. The SMILES string of the molecule is CCCC(C#N)N1CCN(C(=O)CC2CCC2)CC1. The smallest absolute Gasteiger partial charge is 0.222 e. The first-order valence-electron chi connectivity index (χ1n) is 7.66. The summed E-state index contributed by atoms with van der Waals surface area (Å²) in [4.78, 5) is 16.3. The zero-order valence-corrected chi connectivity index (χ0v) is 12.0. The van der Waals surface area contributed by atoms with Crippen LogP contribution in [0.25, 0.3) is 0 Å². The van der Waals surface area contributed by atoms with Gasteiger partial charge in [-0.05, 0) is 25.2 Å². The van der Waals surface area contributed by atoms with Gasteiger partial charge in [0.05, 0.1) is 12.1 Å². The standard InChI is InChI=1S/C15H25N3O/c1-2-4-14(12-16)17-7-9-18(10-8-17)15(19)11-13-5-3-6-13/h13-14H,2-11H2,1H3. The van der Waals surface area contributed by atoms with Crippen LogP contribution < -0.4 is 0 Å². The molecule has 1 saturated heterocycles. The summed E-state index contributed by atoms with van der Waals surface area (Å²) in [5, 5.41) is 9.17. The van der Waals surface area contributed by atoms with Gasteiger partial charge in [0.25, 0.3) is 0 Å². The second kappa shape index (κ2) is 6.91. The lowest BCUT2D eigenvalue weighted by molar-refractivity contribution is -0.134. The molecule has 106 valence electrons. The molecule has 1 heterocycles. The third-order valence-electron chi connectivity index (χ3n) is 4.51. The van der Waals surface area contributed by atoms with Crippen molar-refractivity contribution < 1.29 is 4.79 Å². The lowest BCUT2D eigenvalue weighted by Crippen LogP contribution is -2.52. The van der Waals surface area contributed by atoms with Gasteiger partial charge in [-0.15, -0.1) is 0 Å². The van der Waals surface area contributed by atoms with Gasteiger partial charge >= 0.3 is 0 Å². The number of nitriles is 1. The number of hydrogen-bond acceptors (Lipinski definition) is 3. The molecular formula is C15H25N3O. The minimum absolute atomic E-state index is 0.0360. The van der Waals surface area contributed by atoms with E-state index in [1.165, 1.54) is 19.3 Å². The Morgan fingerprint density at radius 1 is 1.32 bits per heavy atom. The zero-order chi connectivity index (χ0) is 13.7. The molecule has 0 aromatic rings. The summed E-state index contributed by atoms with van der Waals surface area (Å²) in [6, 6.07) is 2.43. The van der Waals surface area contributed by atoms with Crippen LogP contribution in [0.5, 0.6) is 0 Å². The van der Waals surface area contributed by atoms with Crippen LogP contribution in [0, 0.1) is 17.2 Å². The predicted molar refractivity (Wildman–Crippen MR) is 74.4 cm³/mol. The van der Waals surface area contributed by atoms with Crippen molar-refractivity contribution in [2.24, 2.45) is 5.92 Å². The number of piperazine rings is 1. The van der Waals surface area contributed by atoms with Gasteiger partial charge in [-0.3, -0.25) is 9.69 Å². The Kier molecular flexibility index (Phi) is 5.21. The Labute approximate surface area is 116 Å². The van der Waals surface area contributed by atoms with Crippen LogP contribution in [0.1, 0.15) is 45.4 Å². The van der Waals surface area contributed by atoms with Crippen LogP contribution in [0.15, 0.2) is 0 Å². The van der Waals surface area contributed by atoms with E-state index in [9.17, 15) is 10.1 Å².